The Hall–Kier alpha value is -1.99. The van der Waals surface area contributed by atoms with Crippen LogP contribution in [0.1, 0.15) is 35.0 Å². The molecule has 1 atom stereocenters. The summed E-state index contributed by atoms with van der Waals surface area (Å²) >= 11 is 5.95. The highest BCUT2D eigenvalue weighted by atomic mass is 35.5. The molecular formula is C15H15ClFN3O3. The van der Waals surface area contributed by atoms with E-state index >= 15 is 0 Å². The topological polar surface area (TPSA) is 77.2 Å². The minimum atomic E-state index is -0.473. The first-order valence-electron chi connectivity index (χ1n) is 7.28. The summed E-state index contributed by atoms with van der Waals surface area (Å²) in [4.78, 5) is 11.9. The third-order valence-electron chi connectivity index (χ3n) is 3.57. The highest BCUT2D eigenvalue weighted by Crippen LogP contribution is 2.21. The van der Waals surface area contributed by atoms with E-state index in [1.807, 2.05) is 0 Å². The van der Waals surface area contributed by atoms with Gasteiger partial charge in [-0.2, -0.15) is 0 Å². The lowest BCUT2D eigenvalue weighted by Gasteiger charge is -2.08. The molecule has 122 valence electrons. The third-order valence-corrected chi connectivity index (χ3v) is 3.92. The van der Waals surface area contributed by atoms with E-state index in [1.54, 1.807) is 6.07 Å². The molecule has 1 aromatic heterocycles. The predicted molar refractivity (Wildman–Crippen MR) is 79.8 cm³/mol. The number of halogens is 2. The lowest BCUT2D eigenvalue weighted by Crippen LogP contribution is -2.31. The van der Waals surface area contributed by atoms with Gasteiger partial charge in [-0.3, -0.25) is 4.79 Å². The van der Waals surface area contributed by atoms with Gasteiger partial charge in [0.25, 0.3) is 0 Å². The van der Waals surface area contributed by atoms with Crippen LogP contribution in [0, 0.1) is 5.82 Å². The van der Waals surface area contributed by atoms with Gasteiger partial charge in [-0.1, -0.05) is 17.7 Å². The van der Waals surface area contributed by atoms with E-state index < -0.39 is 11.7 Å². The molecule has 0 bridgehead atoms. The minimum Gasteiger partial charge on any atom is -0.417 e. The van der Waals surface area contributed by atoms with Crippen molar-refractivity contribution in [3.8, 4) is 0 Å². The summed E-state index contributed by atoms with van der Waals surface area (Å²) in [6.07, 6.45) is 1.96. The Morgan fingerprint density at radius 3 is 3.04 bits per heavy atom. The molecule has 1 aliphatic heterocycles. The highest BCUT2D eigenvalue weighted by molar-refractivity contribution is 6.31. The first kappa shape index (κ1) is 15.9. The Labute approximate surface area is 137 Å². The van der Waals surface area contributed by atoms with Gasteiger partial charge >= 0.3 is 11.8 Å². The van der Waals surface area contributed by atoms with Crippen molar-refractivity contribution < 1.29 is 18.3 Å². The number of benzene rings is 1. The molecular weight excluding hydrogens is 325 g/mol. The van der Waals surface area contributed by atoms with Crippen molar-refractivity contribution in [3.05, 3.63) is 46.4 Å². The zero-order chi connectivity index (χ0) is 16.2. The number of rotatable bonds is 5. The van der Waals surface area contributed by atoms with E-state index in [4.69, 9.17) is 20.8 Å². The maximum Gasteiger partial charge on any atom is 0.308 e. The molecule has 1 aromatic carbocycles. The Kier molecular flexibility index (Phi) is 4.88. The summed E-state index contributed by atoms with van der Waals surface area (Å²) in [6, 6.07) is 4.39. The number of carbonyl (C=O) groups excluding carboxylic acids is 1. The summed E-state index contributed by atoms with van der Waals surface area (Å²) < 4.78 is 24.4. The van der Waals surface area contributed by atoms with E-state index in [0.717, 1.165) is 12.8 Å². The van der Waals surface area contributed by atoms with Gasteiger partial charge in [0.2, 0.25) is 5.89 Å². The predicted octanol–water partition coefficient (Wildman–Crippen LogP) is 2.36. The van der Waals surface area contributed by atoms with Crippen LogP contribution in [-0.4, -0.2) is 35.4 Å². The molecule has 0 spiro atoms. The molecule has 1 amide bonds. The highest BCUT2D eigenvalue weighted by Gasteiger charge is 2.20. The number of aromatic nitrogens is 2. The number of carbonyl (C=O) groups is 1. The fourth-order valence-corrected chi connectivity index (χ4v) is 2.59. The van der Waals surface area contributed by atoms with E-state index in [1.165, 1.54) is 12.1 Å². The van der Waals surface area contributed by atoms with Crippen molar-refractivity contribution in [2.45, 2.75) is 25.4 Å². The van der Waals surface area contributed by atoms with E-state index in [-0.39, 0.29) is 34.9 Å². The van der Waals surface area contributed by atoms with Crippen LogP contribution in [0.2, 0.25) is 5.02 Å². The molecule has 2 aromatic rings. The van der Waals surface area contributed by atoms with Crippen LogP contribution in [-0.2, 0) is 11.2 Å². The fourth-order valence-electron chi connectivity index (χ4n) is 2.36. The Morgan fingerprint density at radius 2 is 2.30 bits per heavy atom. The first-order chi connectivity index (χ1) is 11.1. The summed E-state index contributed by atoms with van der Waals surface area (Å²) in [5.74, 6) is -0.969. The Bertz CT molecular complexity index is 681. The standard InChI is InChI=1S/C15H15ClFN3O3/c16-11-4-1-5-12(17)10(11)7-13-19-20-15(23-13)14(21)18-8-9-3-2-6-22-9/h1,4-5,9H,2-3,6-8H2,(H,18,21)/t9-/m1/s1. The Balaban J connectivity index is 1.62. The number of nitrogens with zero attached hydrogens (tertiary/aromatic N) is 2. The molecule has 8 heteroatoms. The molecule has 0 unspecified atom stereocenters. The van der Waals surface area contributed by atoms with Crippen molar-refractivity contribution in [3.63, 3.8) is 0 Å². The Morgan fingerprint density at radius 1 is 1.43 bits per heavy atom. The quantitative estimate of drug-likeness (QED) is 0.904. The van der Waals surface area contributed by atoms with Crippen LogP contribution in [0.4, 0.5) is 4.39 Å². The monoisotopic (exact) mass is 339 g/mol. The first-order valence-corrected chi connectivity index (χ1v) is 7.66. The summed E-state index contributed by atoms with van der Waals surface area (Å²) in [6.45, 7) is 1.12. The van der Waals surface area contributed by atoms with E-state index in [0.29, 0.717) is 13.2 Å². The number of amides is 1. The van der Waals surface area contributed by atoms with Crippen LogP contribution in [0.3, 0.4) is 0 Å². The van der Waals surface area contributed by atoms with Gasteiger partial charge in [0.05, 0.1) is 12.5 Å². The molecule has 1 aliphatic rings. The van der Waals surface area contributed by atoms with Gasteiger partial charge in [-0.15, -0.1) is 10.2 Å². The lowest BCUT2D eigenvalue weighted by atomic mass is 10.1. The van der Waals surface area contributed by atoms with Crippen molar-refractivity contribution in [2.24, 2.45) is 0 Å². The van der Waals surface area contributed by atoms with E-state index in [2.05, 4.69) is 15.5 Å². The second kappa shape index (κ2) is 7.06. The second-order valence-corrected chi connectivity index (χ2v) is 5.63. The van der Waals surface area contributed by atoms with Crippen LogP contribution in [0.5, 0.6) is 0 Å². The number of nitrogens with one attached hydrogen (secondary N) is 1. The van der Waals surface area contributed by atoms with Crippen LogP contribution in [0.15, 0.2) is 22.6 Å². The average molecular weight is 340 g/mol. The molecule has 1 fully saturated rings. The summed E-state index contributed by atoms with van der Waals surface area (Å²) in [5, 5.41) is 10.4. The molecule has 0 radical (unpaired) electrons. The maximum absolute atomic E-state index is 13.7. The van der Waals surface area contributed by atoms with Crippen LogP contribution >= 0.6 is 11.6 Å². The summed E-state index contributed by atoms with van der Waals surface area (Å²) in [7, 11) is 0. The third kappa shape index (κ3) is 3.86. The minimum absolute atomic E-state index is 0.0253. The van der Waals surface area contributed by atoms with Gasteiger partial charge in [0, 0.05) is 23.7 Å². The van der Waals surface area contributed by atoms with Gasteiger partial charge in [0.1, 0.15) is 5.82 Å². The molecule has 3 rings (SSSR count). The van der Waals surface area contributed by atoms with Crippen molar-refractivity contribution in [1.82, 2.24) is 15.5 Å². The smallest absolute Gasteiger partial charge is 0.308 e. The van der Waals surface area contributed by atoms with Crippen molar-refractivity contribution in [2.75, 3.05) is 13.2 Å². The van der Waals surface area contributed by atoms with Crippen molar-refractivity contribution in [1.29, 1.82) is 0 Å². The second-order valence-electron chi connectivity index (χ2n) is 5.22. The van der Waals surface area contributed by atoms with Crippen LogP contribution in [0.25, 0.3) is 0 Å². The molecule has 0 saturated carbocycles. The van der Waals surface area contributed by atoms with Gasteiger partial charge in [-0.05, 0) is 25.0 Å². The lowest BCUT2D eigenvalue weighted by molar-refractivity contribution is 0.0828. The largest absolute Gasteiger partial charge is 0.417 e. The summed E-state index contributed by atoms with van der Waals surface area (Å²) in [5.41, 5.74) is 0.254. The molecule has 2 heterocycles. The van der Waals surface area contributed by atoms with Gasteiger partial charge in [-0.25, -0.2) is 4.39 Å². The van der Waals surface area contributed by atoms with Gasteiger partial charge < -0.3 is 14.5 Å². The van der Waals surface area contributed by atoms with Crippen LogP contribution < -0.4 is 5.32 Å². The molecule has 1 saturated heterocycles. The molecule has 0 aliphatic carbocycles. The van der Waals surface area contributed by atoms with Gasteiger partial charge in [0.15, 0.2) is 0 Å². The number of hydrogen-bond acceptors (Lipinski definition) is 5. The SMILES string of the molecule is O=C(NC[C@H]1CCCO1)c1nnc(Cc2c(F)cccc2Cl)o1. The maximum atomic E-state index is 13.7. The fraction of sp³-hybridized carbons (Fsp3) is 0.400. The van der Waals surface area contributed by atoms with E-state index in [9.17, 15) is 9.18 Å². The molecule has 1 N–H and O–H groups in total. The molecule has 23 heavy (non-hydrogen) atoms. The normalized spacial score (nSPS) is 17.4. The number of ether oxygens (including phenoxy) is 1. The zero-order valence-electron chi connectivity index (χ0n) is 12.2. The molecule has 6 nitrogen and oxygen atoms in total. The number of hydrogen-bond donors (Lipinski definition) is 1. The zero-order valence-corrected chi connectivity index (χ0v) is 13.0. The average Bonchev–Trinajstić information content (AvgIpc) is 3.20. The van der Waals surface area contributed by atoms with Crippen molar-refractivity contribution >= 4 is 17.5 Å².